The molecular formula is C21H21BrN2O4S. The van der Waals surface area contributed by atoms with E-state index in [1.807, 2.05) is 26.0 Å². The standard InChI is InChI=1S/C21H21BrN2O4S/c1-13-7-9-18(22)19(11-13)24-29(26,27)17-6-4-5-16(12-17)21(25)23-15(3)20-10-8-14(2)28-20/h4-12,15,24H,1-3H3,(H,23,25). The lowest BCUT2D eigenvalue weighted by Gasteiger charge is -2.13. The van der Waals surface area contributed by atoms with Crippen molar-refractivity contribution in [3.8, 4) is 0 Å². The van der Waals surface area contributed by atoms with E-state index in [0.29, 0.717) is 15.9 Å². The average molecular weight is 477 g/mol. The first-order chi connectivity index (χ1) is 13.7. The van der Waals surface area contributed by atoms with Gasteiger partial charge in [0, 0.05) is 10.0 Å². The molecule has 152 valence electrons. The number of aryl methyl sites for hydroxylation is 2. The Morgan fingerprint density at radius 1 is 1.07 bits per heavy atom. The third kappa shape index (κ3) is 5.07. The molecule has 1 atom stereocenters. The number of carbonyl (C=O) groups excluding carboxylic acids is 1. The highest BCUT2D eigenvalue weighted by molar-refractivity contribution is 9.10. The first-order valence-corrected chi connectivity index (χ1v) is 11.2. The maximum atomic E-state index is 12.8. The van der Waals surface area contributed by atoms with Crippen molar-refractivity contribution in [1.82, 2.24) is 5.32 Å². The third-order valence-corrected chi connectivity index (χ3v) is 6.36. The van der Waals surface area contributed by atoms with Crippen LogP contribution in [0.5, 0.6) is 0 Å². The van der Waals surface area contributed by atoms with Crippen LogP contribution in [0.4, 0.5) is 5.69 Å². The highest BCUT2D eigenvalue weighted by Gasteiger charge is 2.19. The van der Waals surface area contributed by atoms with Gasteiger partial charge in [0.25, 0.3) is 15.9 Å². The van der Waals surface area contributed by atoms with E-state index in [1.165, 1.54) is 18.2 Å². The molecule has 2 N–H and O–H groups in total. The molecule has 3 rings (SSSR count). The summed E-state index contributed by atoms with van der Waals surface area (Å²) in [7, 11) is -3.86. The van der Waals surface area contributed by atoms with Gasteiger partial charge < -0.3 is 9.73 Å². The highest BCUT2D eigenvalue weighted by atomic mass is 79.9. The van der Waals surface area contributed by atoms with Gasteiger partial charge in [-0.1, -0.05) is 12.1 Å². The van der Waals surface area contributed by atoms with E-state index in [1.54, 1.807) is 31.2 Å². The maximum Gasteiger partial charge on any atom is 0.261 e. The summed E-state index contributed by atoms with van der Waals surface area (Å²) in [6, 6.07) is 14.5. The Labute approximate surface area is 178 Å². The number of benzene rings is 2. The number of hydrogen-bond donors (Lipinski definition) is 2. The molecule has 0 spiro atoms. The number of furan rings is 1. The minimum absolute atomic E-state index is 0.0000484. The lowest BCUT2D eigenvalue weighted by molar-refractivity contribution is 0.0935. The van der Waals surface area contributed by atoms with Gasteiger partial charge in [0.05, 0.1) is 16.6 Å². The predicted octanol–water partition coefficient (Wildman–Crippen LogP) is 4.95. The summed E-state index contributed by atoms with van der Waals surface area (Å²) in [6.07, 6.45) is 0. The predicted molar refractivity (Wildman–Crippen MR) is 115 cm³/mol. The fraction of sp³-hybridized carbons (Fsp3) is 0.190. The average Bonchev–Trinajstić information content (AvgIpc) is 3.11. The van der Waals surface area contributed by atoms with Crippen LogP contribution in [0.25, 0.3) is 0 Å². The molecule has 6 nitrogen and oxygen atoms in total. The number of nitrogens with one attached hydrogen (secondary N) is 2. The number of rotatable bonds is 6. The molecule has 29 heavy (non-hydrogen) atoms. The number of halogens is 1. The largest absolute Gasteiger partial charge is 0.464 e. The van der Waals surface area contributed by atoms with Gasteiger partial charge in [-0.25, -0.2) is 8.42 Å². The lowest BCUT2D eigenvalue weighted by Crippen LogP contribution is -2.26. The van der Waals surface area contributed by atoms with Gasteiger partial charge >= 0.3 is 0 Å². The molecule has 0 fully saturated rings. The van der Waals surface area contributed by atoms with Gasteiger partial charge in [-0.3, -0.25) is 9.52 Å². The lowest BCUT2D eigenvalue weighted by atomic mass is 10.2. The van der Waals surface area contributed by atoms with Gasteiger partial charge in [-0.05, 0) is 84.7 Å². The van der Waals surface area contributed by atoms with Crippen LogP contribution in [-0.4, -0.2) is 14.3 Å². The smallest absolute Gasteiger partial charge is 0.261 e. The fourth-order valence-electron chi connectivity index (χ4n) is 2.76. The van der Waals surface area contributed by atoms with Crippen molar-refractivity contribution in [3.05, 3.63) is 81.7 Å². The molecule has 0 saturated heterocycles. The van der Waals surface area contributed by atoms with Crippen LogP contribution in [0, 0.1) is 13.8 Å². The summed E-state index contributed by atoms with van der Waals surface area (Å²) in [6.45, 7) is 5.50. The highest BCUT2D eigenvalue weighted by Crippen LogP contribution is 2.26. The van der Waals surface area contributed by atoms with E-state index in [9.17, 15) is 13.2 Å². The van der Waals surface area contributed by atoms with Crippen LogP contribution < -0.4 is 10.0 Å². The van der Waals surface area contributed by atoms with E-state index in [4.69, 9.17) is 4.42 Å². The molecule has 1 aromatic heterocycles. The molecule has 2 aromatic carbocycles. The van der Waals surface area contributed by atoms with Crippen molar-refractivity contribution >= 4 is 37.5 Å². The number of anilines is 1. The zero-order valence-electron chi connectivity index (χ0n) is 16.2. The summed E-state index contributed by atoms with van der Waals surface area (Å²) in [4.78, 5) is 12.6. The second-order valence-electron chi connectivity index (χ2n) is 6.76. The van der Waals surface area contributed by atoms with Crippen LogP contribution in [0.3, 0.4) is 0 Å². The molecule has 0 aliphatic heterocycles. The van der Waals surface area contributed by atoms with Crippen LogP contribution in [0.2, 0.25) is 0 Å². The first kappa shape index (κ1) is 21.1. The molecular weight excluding hydrogens is 456 g/mol. The molecule has 0 aliphatic carbocycles. The minimum Gasteiger partial charge on any atom is -0.464 e. The van der Waals surface area contributed by atoms with E-state index >= 15 is 0 Å². The van der Waals surface area contributed by atoms with Crippen molar-refractivity contribution in [2.45, 2.75) is 31.7 Å². The van der Waals surface area contributed by atoms with Crippen molar-refractivity contribution in [2.24, 2.45) is 0 Å². The third-order valence-electron chi connectivity index (χ3n) is 4.31. The van der Waals surface area contributed by atoms with E-state index in [0.717, 1.165) is 11.3 Å². The van der Waals surface area contributed by atoms with Crippen LogP contribution in [0.15, 0.2) is 68.4 Å². The molecule has 0 radical (unpaired) electrons. The summed E-state index contributed by atoms with van der Waals surface area (Å²) < 4.78 is 34.3. The Morgan fingerprint density at radius 3 is 2.52 bits per heavy atom. The topological polar surface area (TPSA) is 88.4 Å². The Kier molecular flexibility index (Phi) is 6.14. The Bertz CT molecular complexity index is 1150. The summed E-state index contributed by atoms with van der Waals surface area (Å²) in [5.41, 5.74) is 1.59. The first-order valence-electron chi connectivity index (χ1n) is 8.92. The zero-order chi connectivity index (χ0) is 21.2. The van der Waals surface area contributed by atoms with Gasteiger partial charge in [-0.15, -0.1) is 0 Å². The quantitative estimate of drug-likeness (QED) is 0.526. The molecule has 3 aromatic rings. The zero-order valence-corrected chi connectivity index (χ0v) is 18.6. The number of hydrogen-bond acceptors (Lipinski definition) is 4. The van der Waals surface area contributed by atoms with Crippen LogP contribution in [-0.2, 0) is 10.0 Å². The summed E-state index contributed by atoms with van der Waals surface area (Å²) in [5, 5.41) is 2.82. The Balaban J connectivity index is 1.80. The van der Waals surface area contributed by atoms with Gasteiger partial charge in [-0.2, -0.15) is 0 Å². The van der Waals surface area contributed by atoms with Crippen molar-refractivity contribution in [2.75, 3.05) is 4.72 Å². The van der Waals surface area contributed by atoms with Crippen LogP contribution >= 0.6 is 15.9 Å². The van der Waals surface area contributed by atoms with Gasteiger partial charge in [0.2, 0.25) is 0 Å². The van der Waals surface area contributed by atoms with Crippen molar-refractivity contribution in [3.63, 3.8) is 0 Å². The number of carbonyl (C=O) groups is 1. The van der Waals surface area contributed by atoms with Crippen LogP contribution in [0.1, 0.15) is 40.4 Å². The van der Waals surface area contributed by atoms with Crippen molar-refractivity contribution < 1.29 is 17.6 Å². The van der Waals surface area contributed by atoms with E-state index < -0.39 is 10.0 Å². The summed E-state index contributed by atoms with van der Waals surface area (Å²) in [5.74, 6) is 0.994. The monoisotopic (exact) mass is 476 g/mol. The number of sulfonamides is 1. The molecule has 0 aliphatic rings. The molecule has 1 heterocycles. The minimum atomic E-state index is -3.86. The molecule has 0 saturated carbocycles. The second kappa shape index (κ2) is 8.42. The fourth-order valence-corrected chi connectivity index (χ4v) is 4.36. The Morgan fingerprint density at radius 2 is 1.83 bits per heavy atom. The van der Waals surface area contributed by atoms with Gasteiger partial charge in [0.1, 0.15) is 11.5 Å². The molecule has 0 bridgehead atoms. The molecule has 1 unspecified atom stereocenters. The second-order valence-corrected chi connectivity index (χ2v) is 9.30. The summed E-state index contributed by atoms with van der Waals surface area (Å²) >= 11 is 3.34. The normalized spacial score (nSPS) is 12.4. The maximum absolute atomic E-state index is 12.8. The van der Waals surface area contributed by atoms with Crippen molar-refractivity contribution in [1.29, 1.82) is 0 Å². The SMILES string of the molecule is Cc1ccc(Br)c(NS(=O)(=O)c2cccc(C(=O)NC(C)c3ccc(C)o3)c2)c1. The molecule has 1 amide bonds. The Hall–Kier alpha value is -2.58. The number of amides is 1. The van der Waals surface area contributed by atoms with Gasteiger partial charge in [0.15, 0.2) is 0 Å². The van der Waals surface area contributed by atoms with E-state index in [-0.39, 0.29) is 22.4 Å². The van der Waals surface area contributed by atoms with E-state index in [2.05, 4.69) is 26.0 Å². The molecule has 8 heteroatoms.